The molecule has 2 heterocycles. The molecule has 9 heteroatoms. The predicted octanol–water partition coefficient (Wildman–Crippen LogP) is 4.36. The second-order valence-corrected chi connectivity index (χ2v) is 9.29. The van der Waals surface area contributed by atoms with Gasteiger partial charge in [-0.1, -0.05) is 29.3 Å². The number of carbonyl (C=O) groups excluding carboxylic acids is 1. The number of rotatable bonds is 6. The zero-order valence-electron chi connectivity index (χ0n) is 17.0. The van der Waals surface area contributed by atoms with E-state index in [4.69, 9.17) is 16.3 Å². The highest BCUT2D eigenvalue weighted by Gasteiger charge is 2.26. The molecule has 1 N–H and O–H groups in total. The smallest absolute Gasteiger partial charge is 0.355 e. The molecular formula is C21H22ClN3O4S. The Hall–Kier alpha value is -2.84. The van der Waals surface area contributed by atoms with E-state index in [1.54, 1.807) is 18.2 Å². The molecule has 2 aromatic heterocycles. The number of halogens is 1. The maximum Gasteiger partial charge on any atom is 0.355 e. The van der Waals surface area contributed by atoms with Crippen LogP contribution in [-0.4, -0.2) is 36.5 Å². The number of benzene rings is 1. The van der Waals surface area contributed by atoms with E-state index in [0.717, 1.165) is 9.54 Å². The van der Waals surface area contributed by atoms with Crippen molar-refractivity contribution < 1.29 is 17.9 Å². The Balaban J connectivity index is 2.18. The van der Waals surface area contributed by atoms with Gasteiger partial charge in [-0.15, -0.1) is 0 Å². The zero-order valence-corrected chi connectivity index (χ0v) is 18.6. The molecule has 0 saturated heterocycles. The molecule has 0 unspecified atom stereocenters. The van der Waals surface area contributed by atoms with Gasteiger partial charge in [0.15, 0.2) is 0 Å². The van der Waals surface area contributed by atoms with Gasteiger partial charge in [-0.3, -0.25) is 0 Å². The van der Waals surface area contributed by atoms with Crippen molar-refractivity contribution in [2.24, 2.45) is 0 Å². The molecular weight excluding hydrogens is 426 g/mol. The van der Waals surface area contributed by atoms with Crippen molar-refractivity contribution in [2.75, 3.05) is 12.4 Å². The summed E-state index contributed by atoms with van der Waals surface area (Å²) in [5.74, 6) is -0.194. The van der Waals surface area contributed by atoms with Gasteiger partial charge in [-0.05, 0) is 45.0 Å². The number of esters is 1. The van der Waals surface area contributed by atoms with Crippen molar-refractivity contribution in [1.82, 2.24) is 8.96 Å². The summed E-state index contributed by atoms with van der Waals surface area (Å²) in [5, 5.41) is 3.50. The largest absolute Gasteiger partial charge is 0.464 e. The Kier molecular flexibility index (Phi) is 6.19. The monoisotopic (exact) mass is 447 g/mol. The van der Waals surface area contributed by atoms with Crippen LogP contribution in [0.5, 0.6) is 0 Å². The third-order valence-corrected chi connectivity index (χ3v) is 6.35. The summed E-state index contributed by atoms with van der Waals surface area (Å²) in [4.78, 5) is 16.6. The maximum atomic E-state index is 13.2. The molecule has 0 saturated carbocycles. The Bertz CT molecular complexity index is 1190. The van der Waals surface area contributed by atoms with Crippen molar-refractivity contribution in [3.8, 4) is 11.1 Å². The van der Waals surface area contributed by atoms with Gasteiger partial charge in [-0.2, -0.15) is 0 Å². The lowest BCUT2D eigenvalue weighted by Crippen LogP contribution is -2.18. The summed E-state index contributed by atoms with van der Waals surface area (Å²) < 4.78 is 32.2. The van der Waals surface area contributed by atoms with E-state index in [-0.39, 0.29) is 16.6 Å². The van der Waals surface area contributed by atoms with E-state index in [9.17, 15) is 13.2 Å². The van der Waals surface area contributed by atoms with Crippen molar-refractivity contribution in [1.29, 1.82) is 0 Å². The molecule has 0 aliphatic carbocycles. The molecule has 0 radical (unpaired) electrons. The minimum Gasteiger partial charge on any atom is -0.464 e. The topological polar surface area (TPSA) is 90.3 Å². The summed E-state index contributed by atoms with van der Waals surface area (Å²) in [6.45, 7) is 5.80. The van der Waals surface area contributed by atoms with Crippen LogP contribution in [0, 0.1) is 6.92 Å². The Morgan fingerprint density at radius 1 is 1.20 bits per heavy atom. The first kappa shape index (κ1) is 21.9. The molecule has 7 nitrogen and oxygen atoms in total. The van der Waals surface area contributed by atoms with Crippen LogP contribution in [0.4, 0.5) is 5.82 Å². The number of anilines is 1. The van der Waals surface area contributed by atoms with Crippen molar-refractivity contribution in [3.05, 3.63) is 65.1 Å². The first-order valence-electron chi connectivity index (χ1n) is 9.19. The van der Waals surface area contributed by atoms with E-state index >= 15 is 0 Å². The van der Waals surface area contributed by atoms with Crippen LogP contribution in [0.3, 0.4) is 0 Å². The highest BCUT2D eigenvalue weighted by atomic mass is 35.5. The molecule has 3 aromatic rings. The lowest BCUT2D eigenvalue weighted by atomic mass is 10.1. The fourth-order valence-electron chi connectivity index (χ4n) is 2.90. The zero-order chi connectivity index (χ0) is 22.1. The van der Waals surface area contributed by atoms with Gasteiger partial charge in [-0.25, -0.2) is 22.2 Å². The number of nitrogens with one attached hydrogen (secondary N) is 1. The van der Waals surface area contributed by atoms with Crippen LogP contribution in [0.25, 0.3) is 11.1 Å². The van der Waals surface area contributed by atoms with E-state index in [1.807, 2.05) is 20.8 Å². The fraction of sp³-hybridized carbons (Fsp3) is 0.238. The van der Waals surface area contributed by atoms with E-state index in [2.05, 4.69) is 10.3 Å². The molecule has 0 fully saturated rings. The molecule has 0 aliphatic heterocycles. The van der Waals surface area contributed by atoms with E-state index in [0.29, 0.717) is 22.0 Å². The normalized spacial score (nSPS) is 11.5. The van der Waals surface area contributed by atoms with E-state index in [1.165, 1.54) is 37.7 Å². The minimum atomic E-state index is -4.03. The van der Waals surface area contributed by atoms with Gasteiger partial charge in [0.05, 0.1) is 17.0 Å². The molecule has 0 atom stereocenters. The number of ether oxygens (including phenoxy) is 1. The molecule has 0 spiro atoms. The van der Waals surface area contributed by atoms with Gasteiger partial charge >= 0.3 is 5.97 Å². The number of hydrogen-bond donors (Lipinski definition) is 1. The summed E-state index contributed by atoms with van der Waals surface area (Å²) in [6.07, 6.45) is 2.84. The highest BCUT2D eigenvalue weighted by molar-refractivity contribution is 7.90. The molecule has 30 heavy (non-hydrogen) atoms. The third kappa shape index (κ3) is 4.34. The number of methoxy groups -OCH3 is 1. The second kappa shape index (κ2) is 8.49. The standard InChI is InChI=1S/C21H22ClN3O4S/c1-13(2)24-20-10-17(18(22)11-23-20)15-9-19(21(26)29-4)25(12-15)30(27,28)16-7-5-14(3)6-8-16/h5-13H,1-4H3,(H,23,24). The molecule has 1 aromatic carbocycles. The first-order chi connectivity index (χ1) is 14.1. The fourth-order valence-corrected chi connectivity index (χ4v) is 4.46. The van der Waals surface area contributed by atoms with Crippen LogP contribution >= 0.6 is 11.6 Å². The molecule has 0 bridgehead atoms. The first-order valence-corrected chi connectivity index (χ1v) is 11.0. The summed E-state index contributed by atoms with van der Waals surface area (Å²) in [5.41, 5.74) is 1.78. The number of carbonyl (C=O) groups is 1. The van der Waals surface area contributed by atoms with Crippen LogP contribution < -0.4 is 5.32 Å². The molecule has 158 valence electrons. The maximum absolute atomic E-state index is 13.2. The van der Waals surface area contributed by atoms with Crippen LogP contribution in [0.2, 0.25) is 5.02 Å². The van der Waals surface area contributed by atoms with Crippen molar-refractivity contribution in [2.45, 2.75) is 31.7 Å². The summed E-state index contributed by atoms with van der Waals surface area (Å²) in [7, 11) is -2.83. The number of aromatic nitrogens is 2. The molecule has 0 aliphatic rings. The Morgan fingerprint density at radius 3 is 2.47 bits per heavy atom. The van der Waals surface area contributed by atoms with Gasteiger partial charge in [0.25, 0.3) is 10.0 Å². The average Bonchev–Trinajstić information content (AvgIpc) is 3.15. The predicted molar refractivity (Wildman–Crippen MR) is 117 cm³/mol. The average molecular weight is 448 g/mol. The van der Waals surface area contributed by atoms with Crippen LogP contribution in [0.1, 0.15) is 29.9 Å². The van der Waals surface area contributed by atoms with Gasteiger partial charge in [0.1, 0.15) is 11.5 Å². The SMILES string of the molecule is COC(=O)c1cc(-c2cc(NC(C)C)ncc2Cl)cn1S(=O)(=O)c1ccc(C)cc1. The second-order valence-electron chi connectivity index (χ2n) is 7.07. The van der Waals surface area contributed by atoms with Gasteiger partial charge < -0.3 is 10.1 Å². The Morgan fingerprint density at radius 2 is 1.87 bits per heavy atom. The molecule has 3 rings (SSSR count). The van der Waals surface area contributed by atoms with Crippen molar-refractivity contribution in [3.63, 3.8) is 0 Å². The van der Waals surface area contributed by atoms with E-state index < -0.39 is 16.0 Å². The van der Waals surface area contributed by atoms with Crippen LogP contribution in [-0.2, 0) is 14.8 Å². The molecule has 0 amide bonds. The van der Waals surface area contributed by atoms with Gasteiger partial charge in [0, 0.05) is 29.6 Å². The minimum absolute atomic E-state index is 0.0587. The third-order valence-electron chi connectivity index (χ3n) is 4.36. The number of hydrogen-bond acceptors (Lipinski definition) is 6. The number of aryl methyl sites for hydroxylation is 1. The quantitative estimate of drug-likeness (QED) is 0.565. The Labute approximate surface area is 180 Å². The van der Waals surface area contributed by atoms with Gasteiger partial charge in [0.2, 0.25) is 0 Å². The highest BCUT2D eigenvalue weighted by Crippen LogP contribution is 2.32. The number of pyridine rings is 1. The lowest BCUT2D eigenvalue weighted by molar-refractivity contribution is 0.0593. The van der Waals surface area contributed by atoms with Crippen LogP contribution in [0.15, 0.2) is 53.7 Å². The lowest BCUT2D eigenvalue weighted by Gasteiger charge is -2.11. The number of nitrogens with zero attached hydrogens (tertiary/aromatic N) is 2. The summed E-state index contributed by atoms with van der Waals surface area (Å²) >= 11 is 6.33. The summed E-state index contributed by atoms with van der Waals surface area (Å²) in [6, 6.07) is 9.67. The van der Waals surface area contributed by atoms with Crippen molar-refractivity contribution >= 4 is 33.4 Å².